The zero-order chi connectivity index (χ0) is 49.8. The van der Waals surface area contributed by atoms with Crippen LogP contribution in [0.15, 0.2) is 85.1 Å². The molecule has 6 atom stereocenters. The molecule has 0 aromatic carbocycles. The number of ether oxygens (including phenoxy) is 2. The Balaban J connectivity index is 2.38. The van der Waals surface area contributed by atoms with Gasteiger partial charge in [-0.3, -0.25) is 13.8 Å². The van der Waals surface area contributed by atoms with Gasteiger partial charge in [-0.1, -0.05) is 202 Å². The lowest BCUT2D eigenvalue weighted by Gasteiger charge is -2.41. The fraction of sp³-hybridized carbons (Fsp3) is 0.727. The van der Waals surface area contributed by atoms with E-state index in [1.54, 1.807) is 0 Å². The molecule has 0 bridgehead atoms. The van der Waals surface area contributed by atoms with E-state index >= 15 is 0 Å². The lowest BCUT2D eigenvalue weighted by molar-refractivity contribution is -0.220. The highest BCUT2D eigenvalue weighted by molar-refractivity contribution is 7.47. The van der Waals surface area contributed by atoms with E-state index in [9.17, 15) is 39.8 Å². The number of allylic oxidation sites excluding steroid dienone is 14. The lowest BCUT2D eigenvalue weighted by Crippen LogP contribution is -2.64. The van der Waals surface area contributed by atoms with Gasteiger partial charge in [-0.2, -0.15) is 0 Å². The van der Waals surface area contributed by atoms with Crippen LogP contribution in [0.1, 0.15) is 194 Å². The maximum Gasteiger partial charge on any atom is 0.472 e. The lowest BCUT2D eigenvalue weighted by atomic mass is 9.85. The Morgan fingerprint density at radius 3 is 1.29 bits per heavy atom. The summed E-state index contributed by atoms with van der Waals surface area (Å²) in [7, 11) is -5.04. The van der Waals surface area contributed by atoms with Crippen molar-refractivity contribution in [2.45, 2.75) is 236 Å². The molecule has 0 aromatic rings. The number of carbonyl (C=O) groups is 1. The van der Waals surface area contributed by atoms with Crippen LogP contribution in [0.3, 0.4) is 0 Å². The third-order valence-corrected chi connectivity index (χ3v) is 12.8. The molecule has 0 radical (unpaired) electrons. The van der Waals surface area contributed by atoms with Gasteiger partial charge in [0.25, 0.3) is 0 Å². The van der Waals surface area contributed by atoms with E-state index < -0.39 is 63.1 Å². The second-order valence-corrected chi connectivity index (χ2v) is 19.4. The summed E-state index contributed by atoms with van der Waals surface area (Å²) >= 11 is 0. The number of carbonyl (C=O) groups excluding carboxylic acids is 1. The van der Waals surface area contributed by atoms with Crippen molar-refractivity contribution >= 4 is 13.8 Å². The van der Waals surface area contributed by atoms with E-state index in [-0.39, 0.29) is 13.0 Å². The number of esters is 1. The number of rotatable bonds is 44. The maximum absolute atomic E-state index is 12.9. The Kier molecular flexibility index (Phi) is 41.5. The number of hydrogen-bond donors (Lipinski definition) is 6. The van der Waals surface area contributed by atoms with Gasteiger partial charge in [-0.05, 0) is 70.6 Å². The van der Waals surface area contributed by atoms with Crippen molar-refractivity contribution in [2.24, 2.45) is 0 Å². The van der Waals surface area contributed by atoms with Crippen LogP contribution >= 0.6 is 7.82 Å². The maximum atomic E-state index is 12.9. The van der Waals surface area contributed by atoms with Gasteiger partial charge in [0.15, 0.2) is 0 Å². The minimum absolute atomic E-state index is 0.110. The molecule has 0 amide bonds. The summed E-state index contributed by atoms with van der Waals surface area (Å²) in [6, 6.07) is 0. The molecular weight excluding hydrogens is 884 g/mol. The van der Waals surface area contributed by atoms with Crippen molar-refractivity contribution in [1.82, 2.24) is 0 Å². The molecule has 1 fully saturated rings. The highest BCUT2D eigenvalue weighted by Gasteiger charge is 2.51. The normalized spacial score (nSPS) is 21.8. The van der Waals surface area contributed by atoms with E-state index in [4.69, 9.17) is 18.5 Å². The number of aliphatic hydroxyl groups is 5. The van der Waals surface area contributed by atoms with Gasteiger partial charge >= 0.3 is 13.8 Å². The van der Waals surface area contributed by atoms with Crippen LogP contribution in [0.2, 0.25) is 0 Å². The van der Waals surface area contributed by atoms with Crippen molar-refractivity contribution in [3.8, 4) is 0 Å². The number of phosphoric ester groups is 1. The van der Waals surface area contributed by atoms with Gasteiger partial charge in [-0.25, -0.2) is 4.57 Å². The first kappa shape index (κ1) is 63.5. The molecule has 13 heteroatoms. The summed E-state index contributed by atoms with van der Waals surface area (Å²) in [5, 5.41) is 50.3. The number of phosphoric acid groups is 1. The van der Waals surface area contributed by atoms with Gasteiger partial charge in [0, 0.05) is 13.0 Å². The average molecular weight is 979 g/mol. The molecule has 392 valence electrons. The van der Waals surface area contributed by atoms with Crippen LogP contribution < -0.4 is 0 Å². The van der Waals surface area contributed by atoms with Crippen LogP contribution in [0.4, 0.5) is 0 Å². The summed E-state index contributed by atoms with van der Waals surface area (Å²) in [4.78, 5) is 23.2. The van der Waals surface area contributed by atoms with Crippen LogP contribution in [-0.2, 0) is 27.9 Å². The molecule has 12 nitrogen and oxygen atoms in total. The third-order valence-electron chi connectivity index (χ3n) is 11.8. The Morgan fingerprint density at radius 1 is 0.485 bits per heavy atom. The summed E-state index contributed by atoms with van der Waals surface area (Å²) in [5.74, 6) is -0.493. The van der Waals surface area contributed by atoms with Crippen molar-refractivity contribution in [3.63, 3.8) is 0 Å². The Hall–Kier alpha value is -2.48. The van der Waals surface area contributed by atoms with Crippen LogP contribution in [0, 0.1) is 0 Å². The zero-order valence-electron chi connectivity index (χ0n) is 42.1. The Morgan fingerprint density at radius 2 is 0.868 bits per heavy atom. The number of unbranched alkanes of at least 4 members (excludes halogenated alkanes) is 18. The first-order valence-electron chi connectivity index (χ1n) is 26.4. The molecule has 6 N–H and O–H groups in total. The van der Waals surface area contributed by atoms with Gasteiger partial charge < -0.3 is 39.9 Å². The molecule has 1 aliphatic rings. The fourth-order valence-electron chi connectivity index (χ4n) is 7.63. The summed E-state index contributed by atoms with van der Waals surface area (Å²) in [5.41, 5.74) is 0. The van der Waals surface area contributed by atoms with Gasteiger partial charge in [0.2, 0.25) is 0 Å². The summed E-state index contributed by atoms with van der Waals surface area (Å²) < 4.78 is 34.3. The topological polar surface area (TPSA) is 192 Å². The third kappa shape index (κ3) is 35.6. The monoisotopic (exact) mass is 979 g/mol. The Bertz CT molecular complexity index is 1440. The highest BCUT2D eigenvalue weighted by atomic mass is 31.2. The quantitative estimate of drug-likeness (QED) is 0.0147. The van der Waals surface area contributed by atoms with Crippen molar-refractivity contribution in [1.29, 1.82) is 0 Å². The van der Waals surface area contributed by atoms with Gasteiger partial charge in [0.1, 0.15) is 42.7 Å². The molecule has 0 aromatic heterocycles. The molecule has 6 unspecified atom stereocenters. The molecule has 0 spiro atoms. The second kappa shape index (κ2) is 44.5. The molecule has 0 heterocycles. The van der Waals surface area contributed by atoms with Crippen LogP contribution in [-0.4, -0.2) is 98.9 Å². The van der Waals surface area contributed by atoms with E-state index in [1.807, 2.05) is 0 Å². The first-order valence-corrected chi connectivity index (χ1v) is 27.9. The summed E-state index contributed by atoms with van der Waals surface area (Å²) in [6.45, 7) is 4.06. The van der Waals surface area contributed by atoms with Crippen molar-refractivity contribution in [3.05, 3.63) is 85.1 Å². The molecule has 68 heavy (non-hydrogen) atoms. The van der Waals surface area contributed by atoms with E-state index in [2.05, 4.69) is 98.9 Å². The summed E-state index contributed by atoms with van der Waals surface area (Å²) in [6.07, 6.45) is 47.9. The zero-order valence-corrected chi connectivity index (χ0v) is 43.0. The molecule has 1 rings (SSSR count). The van der Waals surface area contributed by atoms with Gasteiger partial charge in [0.05, 0.1) is 13.2 Å². The minimum Gasteiger partial charge on any atom is -0.457 e. The van der Waals surface area contributed by atoms with Crippen molar-refractivity contribution in [2.75, 3.05) is 19.8 Å². The second-order valence-electron chi connectivity index (χ2n) is 18.0. The largest absolute Gasteiger partial charge is 0.472 e. The molecule has 0 saturated heterocycles. The average Bonchev–Trinajstić information content (AvgIpc) is 3.32. The number of aliphatic hydroxyl groups excluding tert-OH is 5. The minimum atomic E-state index is -5.04. The SMILES string of the molecule is CC/C=C\C/C=C\C/C=C\C/C=C\C/C=C\C/C=C\C/C=C\CCCCOCC(COP(=O)(O)OC1C(O)C(O)C(O)C(O)C1O)OC(=O)CCCCCCCCCCCCCCCCCCC. The molecule has 1 saturated carbocycles. The highest BCUT2D eigenvalue weighted by Crippen LogP contribution is 2.47. The standard InChI is InChI=1S/C55H95O12P/c1-3-5-7-9-11-13-15-17-19-21-22-23-24-25-26-27-29-31-33-35-37-39-41-43-45-64-46-48(47-65-68(62,63)67-55-53(60)51(58)50(57)52(59)54(55)61)66-49(56)44-42-40-38-36-34-32-30-28-20-18-16-14-12-10-8-6-4-2/h5,7,11,13,17,19,22-23,25-26,29,31,35,37,48,50-55,57-61H,3-4,6,8-10,12,14-16,18,20-21,24,27-28,30,32-34,36,38-47H2,1-2H3,(H,62,63)/b7-5-,13-11-,19-17-,23-22-,26-25-,31-29-,37-35-. The first-order chi connectivity index (χ1) is 33.0. The smallest absolute Gasteiger partial charge is 0.457 e. The van der Waals surface area contributed by atoms with E-state index in [1.165, 1.54) is 83.5 Å². The molecule has 1 aliphatic carbocycles. The number of hydrogen-bond acceptors (Lipinski definition) is 11. The Labute approximate surface area is 412 Å². The van der Waals surface area contributed by atoms with E-state index in [0.29, 0.717) is 13.0 Å². The predicted molar refractivity (Wildman–Crippen MR) is 276 cm³/mol. The van der Waals surface area contributed by atoms with E-state index in [0.717, 1.165) is 83.5 Å². The van der Waals surface area contributed by atoms with Crippen LogP contribution in [0.25, 0.3) is 0 Å². The fourth-order valence-corrected chi connectivity index (χ4v) is 8.60. The predicted octanol–water partition coefficient (Wildman–Crippen LogP) is 12.1. The van der Waals surface area contributed by atoms with Gasteiger partial charge in [-0.15, -0.1) is 0 Å². The molecular formula is C55H95O12P. The van der Waals surface area contributed by atoms with Crippen molar-refractivity contribution < 1.29 is 58.3 Å². The van der Waals surface area contributed by atoms with Crippen LogP contribution in [0.5, 0.6) is 0 Å². The molecule has 0 aliphatic heterocycles.